The molecule has 1 aromatic carbocycles. The fourth-order valence-corrected chi connectivity index (χ4v) is 2.79. The van der Waals surface area contributed by atoms with Crippen molar-refractivity contribution in [3.63, 3.8) is 0 Å². The third-order valence-corrected chi connectivity index (χ3v) is 4.02. The van der Waals surface area contributed by atoms with Gasteiger partial charge in [-0.3, -0.25) is 0 Å². The Morgan fingerprint density at radius 2 is 1.88 bits per heavy atom. The molecule has 3 rings (SSSR count). The summed E-state index contributed by atoms with van der Waals surface area (Å²) in [7, 11) is 0. The fourth-order valence-electron chi connectivity index (χ4n) is 2.54. The van der Waals surface area contributed by atoms with E-state index in [9.17, 15) is 5.11 Å². The van der Waals surface area contributed by atoms with Gasteiger partial charge < -0.3 is 15.7 Å². The Morgan fingerprint density at radius 1 is 1.16 bits per heavy atom. The molecule has 0 saturated carbocycles. The van der Waals surface area contributed by atoms with Gasteiger partial charge in [-0.2, -0.15) is 0 Å². The van der Waals surface area contributed by atoms with E-state index in [1.165, 1.54) is 0 Å². The fraction of sp³-hybridized carbons (Fsp3) is 0.222. The Hall–Kier alpha value is -2.80. The lowest BCUT2D eigenvalue weighted by molar-refractivity contribution is 0.467. The third kappa shape index (κ3) is 3.66. The summed E-state index contributed by atoms with van der Waals surface area (Å²) in [5.74, 6) is 0.855. The number of fused-ring (bicyclic) bond motifs is 1. The zero-order chi connectivity index (χ0) is 18.0. The van der Waals surface area contributed by atoms with Gasteiger partial charge in [0.1, 0.15) is 11.3 Å². The van der Waals surface area contributed by atoms with Crippen molar-refractivity contribution in [3.05, 3.63) is 41.6 Å². The van der Waals surface area contributed by atoms with Crippen LogP contribution in [0.4, 0.5) is 5.82 Å². The lowest BCUT2D eigenvalue weighted by atomic mass is 10.0. The Balaban J connectivity index is 1.99. The molecule has 2 heterocycles. The molecule has 3 N–H and O–H groups in total. The highest BCUT2D eigenvalue weighted by molar-refractivity contribution is 7.80. The van der Waals surface area contributed by atoms with Gasteiger partial charge in [-0.1, -0.05) is 0 Å². The SMILES string of the molecule is CCNC(=S)Nc1cnc2ccc(-c3cc(C)c(O)c(C)c3)nc2n1. The summed E-state index contributed by atoms with van der Waals surface area (Å²) < 4.78 is 0. The molecule has 7 heteroatoms. The van der Waals surface area contributed by atoms with Gasteiger partial charge in [-0.25, -0.2) is 15.0 Å². The van der Waals surface area contributed by atoms with Gasteiger partial charge in [0.25, 0.3) is 0 Å². The van der Waals surface area contributed by atoms with Crippen LogP contribution >= 0.6 is 12.2 Å². The van der Waals surface area contributed by atoms with Crippen LogP contribution in [0.5, 0.6) is 5.75 Å². The van der Waals surface area contributed by atoms with Gasteiger partial charge in [-0.15, -0.1) is 0 Å². The number of anilines is 1. The molecule has 128 valence electrons. The Morgan fingerprint density at radius 3 is 2.56 bits per heavy atom. The molecule has 0 aliphatic heterocycles. The Bertz CT molecular complexity index is 934. The van der Waals surface area contributed by atoms with Gasteiger partial charge in [0, 0.05) is 12.1 Å². The highest BCUT2D eigenvalue weighted by atomic mass is 32.1. The van der Waals surface area contributed by atoms with Crippen molar-refractivity contribution >= 4 is 34.3 Å². The van der Waals surface area contributed by atoms with Crippen LogP contribution < -0.4 is 10.6 Å². The van der Waals surface area contributed by atoms with E-state index in [0.29, 0.717) is 27.8 Å². The third-order valence-electron chi connectivity index (χ3n) is 3.77. The van der Waals surface area contributed by atoms with Crippen molar-refractivity contribution in [1.82, 2.24) is 20.3 Å². The van der Waals surface area contributed by atoms with E-state index in [1.54, 1.807) is 6.20 Å². The number of hydrogen-bond acceptors (Lipinski definition) is 5. The number of pyridine rings is 1. The largest absolute Gasteiger partial charge is 0.507 e. The summed E-state index contributed by atoms with van der Waals surface area (Å²) in [5.41, 5.74) is 4.57. The predicted molar refractivity (Wildman–Crippen MR) is 104 cm³/mol. The second kappa shape index (κ2) is 6.98. The number of phenols is 1. The quantitative estimate of drug-likeness (QED) is 0.623. The van der Waals surface area contributed by atoms with Crippen molar-refractivity contribution in [2.75, 3.05) is 11.9 Å². The Kier molecular flexibility index (Phi) is 4.76. The van der Waals surface area contributed by atoms with Crippen molar-refractivity contribution in [1.29, 1.82) is 0 Å². The summed E-state index contributed by atoms with van der Waals surface area (Å²) in [6, 6.07) is 7.60. The first-order chi connectivity index (χ1) is 12.0. The summed E-state index contributed by atoms with van der Waals surface area (Å²) in [6.07, 6.45) is 1.63. The number of aromatic hydroxyl groups is 1. The van der Waals surface area contributed by atoms with Crippen LogP contribution in [0.25, 0.3) is 22.4 Å². The van der Waals surface area contributed by atoms with Crippen molar-refractivity contribution in [3.8, 4) is 17.0 Å². The first-order valence-corrected chi connectivity index (χ1v) is 8.38. The smallest absolute Gasteiger partial charge is 0.180 e. The first-order valence-electron chi connectivity index (χ1n) is 7.97. The molecule has 0 fully saturated rings. The van der Waals surface area contributed by atoms with Crippen LogP contribution in [0.15, 0.2) is 30.5 Å². The van der Waals surface area contributed by atoms with E-state index in [-0.39, 0.29) is 0 Å². The van der Waals surface area contributed by atoms with Crippen molar-refractivity contribution < 1.29 is 5.11 Å². The predicted octanol–water partition coefficient (Wildman–Crippen LogP) is 3.32. The average molecular weight is 353 g/mol. The summed E-state index contributed by atoms with van der Waals surface area (Å²) >= 11 is 5.17. The van der Waals surface area contributed by atoms with Gasteiger partial charge in [0.2, 0.25) is 0 Å². The first kappa shape index (κ1) is 17.0. The molecule has 6 nitrogen and oxygen atoms in total. The van der Waals surface area contributed by atoms with E-state index in [4.69, 9.17) is 12.2 Å². The molecule has 3 aromatic rings. The lowest BCUT2D eigenvalue weighted by Crippen LogP contribution is -2.28. The molecule has 0 atom stereocenters. The average Bonchev–Trinajstić information content (AvgIpc) is 2.58. The standard InChI is InChI=1S/C18H19N5OS/c1-4-19-18(25)23-15-9-20-14-6-5-13(21-17(14)22-15)12-7-10(2)16(24)11(3)8-12/h5-9,24H,4H2,1-3H3,(H2,19,21,22,23,25). The molecular weight excluding hydrogens is 334 g/mol. The molecule has 0 aliphatic carbocycles. The number of aryl methyl sites for hydroxylation is 2. The zero-order valence-electron chi connectivity index (χ0n) is 14.3. The number of hydrogen-bond donors (Lipinski definition) is 3. The van der Waals surface area contributed by atoms with E-state index in [0.717, 1.165) is 28.9 Å². The summed E-state index contributed by atoms with van der Waals surface area (Å²) in [4.78, 5) is 13.5. The second-order valence-corrected chi connectivity index (χ2v) is 6.15. The highest BCUT2D eigenvalue weighted by Crippen LogP contribution is 2.28. The van der Waals surface area contributed by atoms with Crippen LogP contribution in [0.1, 0.15) is 18.1 Å². The maximum absolute atomic E-state index is 9.94. The molecular formula is C18H19N5OS. The number of nitrogens with one attached hydrogen (secondary N) is 2. The highest BCUT2D eigenvalue weighted by Gasteiger charge is 2.09. The minimum Gasteiger partial charge on any atom is -0.507 e. The van der Waals surface area contributed by atoms with Gasteiger partial charge in [0.05, 0.1) is 11.9 Å². The monoisotopic (exact) mass is 353 g/mol. The molecule has 2 aromatic heterocycles. The molecule has 0 aliphatic rings. The molecule has 0 radical (unpaired) electrons. The number of phenolic OH excluding ortho intramolecular Hbond substituents is 1. The molecule has 0 unspecified atom stereocenters. The van der Waals surface area contributed by atoms with E-state index >= 15 is 0 Å². The summed E-state index contributed by atoms with van der Waals surface area (Å²) in [6.45, 7) is 6.44. The van der Waals surface area contributed by atoms with Crippen LogP contribution in [0.2, 0.25) is 0 Å². The maximum atomic E-state index is 9.94. The maximum Gasteiger partial charge on any atom is 0.180 e. The van der Waals surface area contributed by atoms with Crippen LogP contribution in [0.3, 0.4) is 0 Å². The van der Waals surface area contributed by atoms with Crippen LogP contribution in [0, 0.1) is 13.8 Å². The molecule has 0 saturated heterocycles. The normalized spacial score (nSPS) is 10.7. The van der Waals surface area contributed by atoms with Crippen LogP contribution in [-0.4, -0.2) is 31.7 Å². The number of rotatable bonds is 3. The minimum absolute atomic E-state index is 0.313. The molecule has 25 heavy (non-hydrogen) atoms. The van der Waals surface area contributed by atoms with Gasteiger partial charge >= 0.3 is 0 Å². The lowest BCUT2D eigenvalue weighted by Gasteiger charge is -2.10. The van der Waals surface area contributed by atoms with Gasteiger partial charge in [0.15, 0.2) is 16.6 Å². The van der Waals surface area contributed by atoms with Crippen LogP contribution in [-0.2, 0) is 0 Å². The van der Waals surface area contributed by atoms with Gasteiger partial charge in [-0.05, 0) is 68.4 Å². The summed E-state index contributed by atoms with van der Waals surface area (Å²) in [5, 5.41) is 16.4. The molecule has 0 bridgehead atoms. The minimum atomic E-state index is 0.313. The van der Waals surface area contributed by atoms with E-state index < -0.39 is 0 Å². The van der Waals surface area contributed by atoms with E-state index in [2.05, 4.69) is 25.6 Å². The molecule has 0 spiro atoms. The number of benzene rings is 1. The van der Waals surface area contributed by atoms with Crippen molar-refractivity contribution in [2.24, 2.45) is 0 Å². The zero-order valence-corrected chi connectivity index (χ0v) is 15.1. The number of thiocarbonyl (C=S) groups is 1. The molecule has 0 amide bonds. The van der Waals surface area contributed by atoms with E-state index in [1.807, 2.05) is 45.0 Å². The number of nitrogens with zero attached hydrogens (tertiary/aromatic N) is 3. The Labute approximate surface area is 151 Å². The van der Waals surface area contributed by atoms with Crippen molar-refractivity contribution in [2.45, 2.75) is 20.8 Å². The topological polar surface area (TPSA) is 83.0 Å². The second-order valence-electron chi connectivity index (χ2n) is 5.74. The number of aromatic nitrogens is 3.